The van der Waals surface area contributed by atoms with Crippen LogP contribution in [0.2, 0.25) is 5.02 Å². The average molecular weight is 596 g/mol. The average Bonchev–Trinajstić information content (AvgIpc) is 3.30. The summed E-state index contributed by atoms with van der Waals surface area (Å²) in [4.78, 5) is 51.9. The van der Waals surface area contributed by atoms with Gasteiger partial charge in [0.05, 0.1) is 39.2 Å². The number of imidazole rings is 1. The third kappa shape index (κ3) is 6.05. The fraction of sp³-hybridized carbons (Fsp3) is 0.250. The van der Waals surface area contributed by atoms with E-state index in [1.165, 1.54) is 12.4 Å². The third-order valence-electron chi connectivity index (χ3n) is 7.90. The fourth-order valence-electron chi connectivity index (χ4n) is 5.65. The summed E-state index contributed by atoms with van der Waals surface area (Å²) in [5.74, 6) is 0.174. The highest BCUT2D eigenvalue weighted by Gasteiger charge is 2.26. The smallest absolute Gasteiger partial charge is 0.333 e. The molecule has 4 heterocycles. The topological polar surface area (TPSA) is 124 Å². The zero-order valence-electron chi connectivity index (χ0n) is 23.5. The van der Waals surface area contributed by atoms with Crippen molar-refractivity contribution in [1.82, 2.24) is 29.4 Å². The molecule has 0 saturated heterocycles. The molecule has 5 aromatic rings. The molecule has 0 aliphatic heterocycles. The second-order valence-corrected chi connectivity index (χ2v) is 11.2. The number of hydrogen-bond donors (Lipinski definition) is 2. The van der Waals surface area contributed by atoms with Crippen molar-refractivity contribution in [2.45, 2.75) is 45.2 Å². The van der Waals surface area contributed by atoms with E-state index < -0.39 is 0 Å². The van der Waals surface area contributed by atoms with Gasteiger partial charge in [0.1, 0.15) is 11.5 Å². The van der Waals surface area contributed by atoms with Crippen LogP contribution >= 0.6 is 11.6 Å². The van der Waals surface area contributed by atoms with Gasteiger partial charge < -0.3 is 10.6 Å². The highest BCUT2D eigenvalue weighted by molar-refractivity contribution is 6.30. The minimum Gasteiger partial charge on any atom is -0.349 e. The molecule has 6 rings (SSSR count). The molecule has 0 spiro atoms. The summed E-state index contributed by atoms with van der Waals surface area (Å²) in [6.07, 6.45) is 8.07. The maximum atomic E-state index is 13.8. The first kappa shape index (κ1) is 28.3. The molecule has 1 aliphatic rings. The van der Waals surface area contributed by atoms with E-state index >= 15 is 0 Å². The van der Waals surface area contributed by atoms with Gasteiger partial charge in [-0.05, 0) is 81.0 Å². The van der Waals surface area contributed by atoms with Crippen LogP contribution in [0.3, 0.4) is 0 Å². The van der Waals surface area contributed by atoms with Crippen LogP contribution in [0.5, 0.6) is 0 Å². The maximum Gasteiger partial charge on any atom is 0.333 e. The van der Waals surface area contributed by atoms with Crippen LogP contribution in [0.1, 0.15) is 52.2 Å². The van der Waals surface area contributed by atoms with Gasteiger partial charge in [-0.3, -0.25) is 23.7 Å². The van der Waals surface area contributed by atoms with Crippen LogP contribution in [-0.2, 0) is 6.54 Å². The number of rotatable bonds is 7. The van der Waals surface area contributed by atoms with Gasteiger partial charge in [0, 0.05) is 25.0 Å². The molecule has 10 nitrogen and oxygen atoms in total. The van der Waals surface area contributed by atoms with Crippen LogP contribution in [-0.4, -0.2) is 41.9 Å². The lowest BCUT2D eigenvalue weighted by atomic mass is 9.85. The predicted octanol–water partition coefficient (Wildman–Crippen LogP) is 5.18. The number of carbonyl (C=O) groups excluding carboxylic acids is 2. The van der Waals surface area contributed by atoms with Gasteiger partial charge in [-0.2, -0.15) is 0 Å². The van der Waals surface area contributed by atoms with E-state index in [0.717, 1.165) is 36.7 Å². The molecule has 43 heavy (non-hydrogen) atoms. The molecule has 0 bridgehead atoms. The van der Waals surface area contributed by atoms with Gasteiger partial charge in [0.25, 0.3) is 11.8 Å². The van der Waals surface area contributed by atoms with E-state index in [9.17, 15) is 14.4 Å². The van der Waals surface area contributed by atoms with Crippen molar-refractivity contribution in [2.24, 2.45) is 5.92 Å². The Labute approximate surface area is 252 Å². The van der Waals surface area contributed by atoms with Crippen LogP contribution in [0.15, 0.2) is 84.0 Å². The summed E-state index contributed by atoms with van der Waals surface area (Å²) in [6, 6.07) is 18.0. The van der Waals surface area contributed by atoms with Crippen molar-refractivity contribution in [2.75, 3.05) is 5.32 Å². The van der Waals surface area contributed by atoms with E-state index in [1.54, 1.807) is 54.1 Å². The Morgan fingerprint density at radius 2 is 1.67 bits per heavy atom. The molecular weight excluding hydrogens is 566 g/mol. The van der Waals surface area contributed by atoms with E-state index in [4.69, 9.17) is 11.6 Å². The van der Waals surface area contributed by atoms with Gasteiger partial charge in [0.2, 0.25) is 0 Å². The van der Waals surface area contributed by atoms with Crippen LogP contribution in [0.25, 0.3) is 16.7 Å². The number of aromatic nitrogens is 5. The number of halogens is 1. The normalized spacial score (nSPS) is 16.6. The summed E-state index contributed by atoms with van der Waals surface area (Å²) >= 11 is 6.05. The lowest BCUT2D eigenvalue weighted by molar-refractivity contribution is 0.0918. The first-order chi connectivity index (χ1) is 20.9. The molecule has 0 unspecified atom stereocenters. The largest absolute Gasteiger partial charge is 0.349 e. The molecule has 1 fully saturated rings. The summed E-state index contributed by atoms with van der Waals surface area (Å²) in [5, 5.41) is 6.28. The molecule has 1 aliphatic carbocycles. The molecule has 1 aromatic carbocycles. The van der Waals surface area contributed by atoms with Crippen molar-refractivity contribution in [1.29, 1.82) is 0 Å². The van der Waals surface area contributed by atoms with Crippen LogP contribution in [0, 0.1) is 12.8 Å². The van der Waals surface area contributed by atoms with Crippen molar-refractivity contribution in [3.63, 3.8) is 0 Å². The standard InChI is InChI=1S/C32H30ClN7O3/c1-20-25(16-22(33)17-35-20)30(41)37-23-11-9-21(10-12-23)19-39-27-6-2-3-7-28(27)40(32(39)43)24-13-14-26(36-18-24)31(42)38-29-8-4-5-15-34-29/h2-8,13-18,21,23H,9-12,19H2,1H3,(H,37,41)(H,34,38,42). The molecule has 4 aromatic heterocycles. The van der Waals surface area contributed by atoms with E-state index in [2.05, 4.69) is 25.6 Å². The van der Waals surface area contributed by atoms with Gasteiger partial charge in [-0.25, -0.2) is 14.8 Å². The van der Waals surface area contributed by atoms with Crippen molar-refractivity contribution in [3.8, 4) is 5.69 Å². The number of nitrogens with zero attached hydrogens (tertiary/aromatic N) is 5. The summed E-state index contributed by atoms with van der Waals surface area (Å²) in [6.45, 7) is 2.36. The Bertz CT molecular complexity index is 1840. The van der Waals surface area contributed by atoms with E-state index in [1.807, 2.05) is 28.8 Å². The molecule has 1 saturated carbocycles. The number of pyridine rings is 3. The van der Waals surface area contributed by atoms with Crippen molar-refractivity contribution in [3.05, 3.63) is 112 Å². The van der Waals surface area contributed by atoms with Crippen LogP contribution < -0.4 is 16.3 Å². The Kier molecular flexibility index (Phi) is 8.02. The Morgan fingerprint density at radius 3 is 2.40 bits per heavy atom. The molecule has 218 valence electrons. The molecular formula is C32H30ClN7O3. The Morgan fingerprint density at radius 1 is 0.907 bits per heavy atom. The lowest BCUT2D eigenvalue weighted by Crippen LogP contribution is -2.39. The van der Waals surface area contributed by atoms with E-state index in [-0.39, 0.29) is 35.2 Å². The number of hydrogen-bond acceptors (Lipinski definition) is 6. The maximum absolute atomic E-state index is 13.8. The lowest BCUT2D eigenvalue weighted by Gasteiger charge is -2.29. The first-order valence-electron chi connectivity index (χ1n) is 14.2. The number of benzene rings is 1. The summed E-state index contributed by atoms with van der Waals surface area (Å²) in [5.41, 5.74) is 3.38. The molecule has 0 atom stereocenters. The fourth-order valence-corrected chi connectivity index (χ4v) is 5.81. The number of amides is 2. The predicted molar refractivity (Wildman–Crippen MR) is 165 cm³/mol. The van der Waals surface area contributed by atoms with Gasteiger partial charge >= 0.3 is 5.69 Å². The Balaban J connectivity index is 1.15. The van der Waals surface area contributed by atoms with Crippen LogP contribution in [0.4, 0.5) is 5.82 Å². The minimum absolute atomic E-state index is 0.0552. The number of carbonyl (C=O) groups is 2. The monoisotopic (exact) mass is 595 g/mol. The van der Waals surface area contributed by atoms with Gasteiger partial charge in [-0.1, -0.05) is 29.8 Å². The quantitative estimate of drug-likeness (QED) is 0.267. The minimum atomic E-state index is -0.383. The summed E-state index contributed by atoms with van der Waals surface area (Å²) < 4.78 is 3.46. The second kappa shape index (κ2) is 12.2. The Hall–Kier alpha value is -4.83. The third-order valence-corrected chi connectivity index (χ3v) is 8.11. The number of aryl methyl sites for hydroxylation is 1. The number of para-hydroxylation sites is 2. The zero-order chi connectivity index (χ0) is 29.9. The molecule has 2 amide bonds. The highest BCUT2D eigenvalue weighted by Crippen LogP contribution is 2.28. The number of fused-ring (bicyclic) bond motifs is 1. The van der Waals surface area contributed by atoms with Gasteiger partial charge in [0.15, 0.2) is 0 Å². The molecule has 2 N–H and O–H groups in total. The second-order valence-electron chi connectivity index (χ2n) is 10.8. The number of nitrogens with one attached hydrogen (secondary N) is 2. The SMILES string of the molecule is Cc1ncc(Cl)cc1C(=O)NC1CCC(Cn2c(=O)n(-c3ccc(C(=O)Nc4ccccn4)nc3)c3ccccc32)CC1. The van der Waals surface area contributed by atoms with E-state index in [0.29, 0.717) is 34.3 Å². The first-order valence-corrected chi connectivity index (χ1v) is 14.6. The van der Waals surface area contributed by atoms with Crippen molar-refractivity contribution >= 4 is 40.3 Å². The van der Waals surface area contributed by atoms with Crippen molar-refractivity contribution < 1.29 is 9.59 Å². The van der Waals surface area contributed by atoms with Gasteiger partial charge in [-0.15, -0.1) is 0 Å². The molecule has 0 radical (unpaired) electrons. The summed E-state index contributed by atoms with van der Waals surface area (Å²) in [7, 11) is 0. The highest BCUT2D eigenvalue weighted by atomic mass is 35.5. The zero-order valence-corrected chi connectivity index (χ0v) is 24.3. The molecule has 11 heteroatoms. The number of anilines is 1.